The minimum Gasteiger partial charge on any atom is -0.348 e. The van der Waals surface area contributed by atoms with Gasteiger partial charge >= 0.3 is 0 Å². The lowest BCUT2D eigenvalue weighted by Gasteiger charge is -2.19. The molecule has 112 valence electrons. The van der Waals surface area contributed by atoms with Crippen molar-refractivity contribution in [3.05, 3.63) is 16.1 Å². The van der Waals surface area contributed by atoms with Crippen molar-refractivity contribution in [1.82, 2.24) is 20.1 Å². The second kappa shape index (κ2) is 7.15. The molecule has 20 heavy (non-hydrogen) atoms. The second-order valence-electron chi connectivity index (χ2n) is 5.69. The number of amides is 1. The molecular weight excluding hydrogens is 272 g/mol. The van der Waals surface area contributed by atoms with Crippen LogP contribution in [0.3, 0.4) is 0 Å². The third kappa shape index (κ3) is 4.54. The first kappa shape index (κ1) is 15.4. The highest BCUT2D eigenvalue weighted by Gasteiger charge is 2.16. The molecule has 1 aromatic rings. The number of likely N-dealkylation sites (N-methyl/N-ethyl adjacent to an activating group) is 2. The van der Waals surface area contributed by atoms with Crippen LogP contribution in [0, 0.1) is 0 Å². The smallest absolute Gasteiger partial charge is 0.228 e. The Labute approximate surface area is 125 Å². The quantitative estimate of drug-likeness (QED) is 0.849. The summed E-state index contributed by atoms with van der Waals surface area (Å²) in [7, 11) is 5.68. The predicted octanol–water partition coefficient (Wildman–Crippen LogP) is 0.958. The average Bonchev–Trinajstić information content (AvgIpc) is 3.01. The van der Waals surface area contributed by atoms with Crippen LogP contribution < -0.4 is 5.32 Å². The standard InChI is InChI=1S/C14H24N4OS/c1-17(2)14(19)7-13-16-12(10-20-13)9-18(3)8-11-5-4-6-15-11/h10-11,15H,4-9H2,1-3H3. The summed E-state index contributed by atoms with van der Waals surface area (Å²) in [5, 5.41) is 6.48. The lowest BCUT2D eigenvalue weighted by atomic mass is 10.2. The molecule has 1 aliphatic heterocycles. The first-order chi connectivity index (χ1) is 9.54. The Morgan fingerprint density at radius 1 is 1.50 bits per heavy atom. The number of carbonyl (C=O) groups excluding carboxylic acids is 1. The van der Waals surface area contributed by atoms with E-state index in [1.807, 2.05) is 0 Å². The maximum Gasteiger partial charge on any atom is 0.228 e. The van der Waals surface area contributed by atoms with E-state index in [2.05, 4.69) is 27.6 Å². The Hall–Kier alpha value is -0.980. The zero-order valence-corrected chi connectivity index (χ0v) is 13.4. The van der Waals surface area contributed by atoms with Crippen molar-refractivity contribution in [2.24, 2.45) is 0 Å². The Morgan fingerprint density at radius 2 is 2.30 bits per heavy atom. The van der Waals surface area contributed by atoms with Crippen molar-refractivity contribution in [2.75, 3.05) is 34.2 Å². The SMILES string of the molecule is CN(Cc1csc(CC(=O)N(C)C)n1)CC1CCCN1. The van der Waals surface area contributed by atoms with Crippen LogP contribution in [0.25, 0.3) is 0 Å². The van der Waals surface area contributed by atoms with E-state index in [0.29, 0.717) is 12.5 Å². The molecule has 6 heteroatoms. The molecule has 1 aliphatic rings. The van der Waals surface area contributed by atoms with Gasteiger partial charge in [0.1, 0.15) is 5.01 Å². The van der Waals surface area contributed by atoms with Crippen molar-refractivity contribution >= 4 is 17.2 Å². The molecule has 1 fully saturated rings. The predicted molar refractivity (Wildman–Crippen MR) is 81.9 cm³/mol. The van der Waals surface area contributed by atoms with Crippen LogP contribution in [0.2, 0.25) is 0 Å². The van der Waals surface area contributed by atoms with Crippen LogP contribution in [-0.4, -0.2) is 61.0 Å². The summed E-state index contributed by atoms with van der Waals surface area (Å²) in [6, 6.07) is 0.619. The van der Waals surface area contributed by atoms with Gasteiger partial charge in [0.25, 0.3) is 0 Å². The van der Waals surface area contributed by atoms with Crippen molar-refractivity contribution in [2.45, 2.75) is 31.8 Å². The molecule has 1 saturated heterocycles. The first-order valence-electron chi connectivity index (χ1n) is 7.10. The minimum absolute atomic E-state index is 0.106. The summed E-state index contributed by atoms with van der Waals surface area (Å²) >= 11 is 1.58. The van der Waals surface area contributed by atoms with Gasteiger partial charge in [0, 0.05) is 38.6 Å². The number of carbonyl (C=O) groups is 1. The van der Waals surface area contributed by atoms with Crippen molar-refractivity contribution < 1.29 is 4.79 Å². The van der Waals surface area contributed by atoms with Crippen molar-refractivity contribution in [1.29, 1.82) is 0 Å². The van der Waals surface area contributed by atoms with E-state index in [1.54, 1.807) is 30.3 Å². The van der Waals surface area contributed by atoms with E-state index in [-0.39, 0.29) is 5.91 Å². The van der Waals surface area contributed by atoms with E-state index < -0.39 is 0 Å². The largest absolute Gasteiger partial charge is 0.348 e. The number of rotatable bonds is 6. The maximum absolute atomic E-state index is 11.6. The first-order valence-corrected chi connectivity index (χ1v) is 7.98. The molecule has 1 unspecified atom stereocenters. The third-order valence-corrected chi connectivity index (χ3v) is 4.42. The monoisotopic (exact) mass is 296 g/mol. The van der Waals surface area contributed by atoms with Gasteiger partial charge in [0.05, 0.1) is 12.1 Å². The third-order valence-electron chi connectivity index (χ3n) is 3.53. The molecule has 0 aromatic carbocycles. The van der Waals surface area contributed by atoms with Gasteiger partial charge in [0.15, 0.2) is 0 Å². The van der Waals surface area contributed by atoms with Gasteiger partial charge in [-0.3, -0.25) is 9.69 Å². The van der Waals surface area contributed by atoms with Gasteiger partial charge in [-0.05, 0) is 26.4 Å². The summed E-state index contributed by atoms with van der Waals surface area (Å²) < 4.78 is 0. The van der Waals surface area contributed by atoms with Crippen LogP contribution >= 0.6 is 11.3 Å². The number of aromatic nitrogens is 1. The molecule has 0 aliphatic carbocycles. The number of nitrogens with zero attached hydrogens (tertiary/aromatic N) is 3. The van der Waals surface area contributed by atoms with Crippen LogP contribution in [0.15, 0.2) is 5.38 Å². The van der Waals surface area contributed by atoms with Crippen LogP contribution in [-0.2, 0) is 17.8 Å². The van der Waals surface area contributed by atoms with Crippen LogP contribution in [0.5, 0.6) is 0 Å². The lowest BCUT2D eigenvalue weighted by molar-refractivity contribution is -0.127. The summed E-state index contributed by atoms with van der Waals surface area (Å²) in [5.74, 6) is 0.106. The molecule has 1 aromatic heterocycles. The topological polar surface area (TPSA) is 48.5 Å². The summed E-state index contributed by atoms with van der Waals surface area (Å²) in [6.45, 7) is 3.06. The Bertz CT molecular complexity index is 440. The van der Waals surface area contributed by atoms with E-state index in [4.69, 9.17) is 0 Å². The van der Waals surface area contributed by atoms with Gasteiger partial charge in [-0.2, -0.15) is 0 Å². The average molecular weight is 296 g/mol. The molecule has 1 amide bonds. The normalized spacial score (nSPS) is 18.7. The molecule has 0 spiro atoms. The fourth-order valence-electron chi connectivity index (χ4n) is 2.42. The summed E-state index contributed by atoms with van der Waals surface area (Å²) in [4.78, 5) is 20.1. The molecule has 1 N–H and O–H groups in total. The van der Waals surface area contributed by atoms with Gasteiger partial charge in [-0.1, -0.05) is 0 Å². The fraction of sp³-hybridized carbons (Fsp3) is 0.714. The van der Waals surface area contributed by atoms with E-state index in [0.717, 1.165) is 30.3 Å². The second-order valence-corrected chi connectivity index (χ2v) is 6.63. The number of nitrogens with one attached hydrogen (secondary N) is 1. The van der Waals surface area contributed by atoms with Crippen LogP contribution in [0.4, 0.5) is 0 Å². The molecular formula is C14H24N4OS. The van der Waals surface area contributed by atoms with E-state index in [1.165, 1.54) is 12.8 Å². The summed E-state index contributed by atoms with van der Waals surface area (Å²) in [5.41, 5.74) is 1.07. The lowest BCUT2D eigenvalue weighted by Crippen LogP contribution is -2.35. The zero-order valence-electron chi connectivity index (χ0n) is 12.6. The minimum atomic E-state index is 0.106. The molecule has 1 atom stereocenters. The molecule has 2 rings (SSSR count). The molecule has 5 nitrogen and oxygen atoms in total. The molecule has 0 radical (unpaired) electrons. The summed E-state index contributed by atoms with van der Waals surface area (Å²) in [6.07, 6.45) is 2.96. The van der Waals surface area contributed by atoms with Gasteiger partial charge in [-0.25, -0.2) is 4.98 Å². The highest BCUT2D eigenvalue weighted by atomic mass is 32.1. The van der Waals surface area contributed by atoms with Gasteiger partial charge in [0.2, 0.25) is 5.91 Å². The van der Waals surface area contributed by atoms with Gasteiger partial charge < -0.3 is 10.2 Å². The molecule has 0 saturated carbocycles. The number of thiazole rings is 1. The van der Waals surface area contributed by atoms with E-state index >= 15 is 0 Å². The molecule has 0 bridgehead atoms. The Kier molecular flexibility index (Phi) is 5.51. The van der Waals surface area contributed by atoms with Crippen molar-refractivity contribution in [3.63, 3.8) is 0 Å². The molecule has 2 heterocycles. The van der Waals surface area contributed by atoms with Crippen LogP contribution in [0.1, 0.15) is 23.5 Å². The number of hydrogen-bond donors (Lipinski definition) is 1. The Balaban J connectivity index is 1.81. The maximum atomic E-state index is 11.6. The highest BCUT2D eigenvalue weighted by molar-refractivity contribution is 7.09. The fourth-order valence-corrected chi connectivity index (χ4v) is 3.20. The Morgan fingerprint density at radius 3 is 2.95 bits per heavy atom. The van der Waals surface area contributed by atoms with Crippen molar-refractivity contribution in [3.8, 4) is 0 Å². The van der Waals surface area contributed by atoms with E-state index in [9.17, 15) is 4.79 Å². The number of hydrogen-bond acceptors (Lipinski definition) is 5. The zero-order chi connectivity index (χ0) is 14.5. The van der Waals surface area contributed by atoms with Gasteiger partial charge in [-0.15, -0.1) is 11.3 Å². The highest BCUT2D eigenvalue weighted by Crippen LogP contribution is 2.14.